The number of carbonyl (C=O) groups excluding carboxylic acids is 1. The molecule has 0 radical (unpaired) electrons. The second kappa shape index (κ2) is 10.2. The lowest BCUT2D eigenvalue weighted by molar-refractivity contribution is -0.142. The number of carbonyl (C=O) groups is 1. The number of nitrogens with one attached hydrogen (secondary N) is 1. The van der Waals surface area contributed by atoms with Crippen molar-refractivity contribution in [3.63, 3.8) is 0 Å². The van der Waals surface area contributed by atoms with Crippen LogP contribution >= 0.6 is 0 Å². The number of hydrogen-bond donors (Lipinski definition) is 1. The average Bonchev–Trinajstić information content (AvgIpc) is 2.88. The first-order valence-electron chi connectivity index (χ1n) is 11.1. The van der Waals surface area contributed by atoms with Crippen LogP contribution in [-0.2, 0) is 26.0 Å². The Kier molecular flexibility index (Phi) is 7.40. The normalized spacial score (nSPS) is 15.5. The molecule has 0 bridgehead atoms. The van der Waals surface area contributed by atoms with E-state index >= 15 is 0 Å². The fraction of sp³-hybridized carbons (Fsp3) is 0.250. The first-order chi connectivity index (χ1) is 17.4. The van der Waals surface area contributed by atoms with Crippen molar-refractivity contribution in [1.29, 1.82) is 0 Å². The molecule has 37 heavy (non-hydrogen) atoms. The standard InChI is InChI=1S/C24H22F3N3O5S2/c25-24(26,27)22-20(36(32,33)18-7-2-1-3-8-18)10-6-11-21(22)37(34,35)29-17-12-15-30(16-13-17)23(31)19-9-4-5-14-28-19/h1-11,14,17,29H,12-13,15-16H2. The highest BCUT2D eigenvalue weighted by Gasteiger charge is 2.43. The molecule has 1 N–H and O–H groups in total. The maximum Gasteiger partial charge on any atom is 0.419 e. The molecular weight excluding hydrogens is 531 g/mol. The van der Waals surface area contributed by atoms with Crippen LogP contribution in [0.15, 0.2) is 87.6 Å². The number of amides is 1. The van der Waals surface area contributed by atoms with E-state index < -0.39 is 52.3 Å². The minimum atomic E-state index is -5.28. The highest BCUT2D eigenvalue weighted by molar-refractivity contribution is 7.92. The van der Waals surface area contributed by atoms with Crippen LogP contribution in [0, 0.1) is 0 Å². The molecule has 1 saturated heterocycles. The summed E-state index contributed by atoms with van der Waals surface area (Å²) in [7, 11) is -9.45. The van der Waals surface area contributed by atoms with Crippen molar-refractivity contribution in [1.82, 2.24) is 14.6 Å². The molecule has 2 aromatic carbocycles. The minimum absolute atomic E-state index is 0.154. The molecule has 0 saturated carbocycles. The van der Waals surface area contributed by atoms with Gasteiger partial charge < -0.3 is 4.90 Å². The monoisotopic (exact) mass is 553 g/mol. The van der Waals surface area contributed by atoms with E-state index in [1.165, 1.54) is 29.3 Å². The van der Waals surface area contributed by atoms with Crippen molar-refractivity contribution < 1.29 is 34.8 Å². The molecule has 2 heterocycles. The number of piperidine rings is 1. The fourth-order valence-corrected chi connectivity index (χ4v) is 7.24. The first kappa shape index (κ1) is 26.8. The van der Waals surface area contributed by atoms with E-state index in [0.29, 0.717) is 0 Å². The Labute approximate surface area is 212 Å². The zero-order valence-electron chi connectivity index (χ0n) is 19.2. The molecular formula is C24H22F3N3O5S2. The second-order valence-electron chi connectivity index (χ2n) is 8.35. The third kappa shape index (κ3) is 5.68. The van der Waals surface area contributed by atoms with Crippen molar-refractivity contribution in [3.8, 4) is 0 Å². The smallest absolute Gasteiger partial charge is 0.337 e. The number of rotatable bonds is 6. The van der Waals surface area contributed by atoms with Crippen molar-refractivity contribution in [2.24, 2.45) is 0 Å². The number of likely N-dealkylation sites (tertiary alicyclic amines) is 1. The van der Waals surface area contributed by atoms with E-state index in [1.807, 2.05) is 0 Å². The third-order valence-corrected chi connectivity index (χ3v) is 9.27. The summed E-state index contributed by atoms with van der Waals surface area (Å²) < 4.78 is 97.0. The number of aromatic nitrogens is 1. The Balaban J connectivity index is 1.60. The Bertz CT molecular complexity index is 1490. The zero-order valence-corrected chi connectivity index (χ0v) is 20.9. The quantitative estimate of drug-likeness (QED) is 0.500. The lowest BCUT2D eigenvalue weighted by atomic mass is 10.1. The maximum atomic E-state index is 14.2. The number of hydrogen-bond acceptors (Lipinski definition) is 6. The molecule has 4 rings (SSSR count). The van der Waals surface area contributed by atoms with Crippen LogP contribution in [0.2, 0.25) is 0 Å². The summed E-state index contributed by atoms with van der Waals surface area (Å²) in [6, 6.07) is 13.0. The molecule has 1 fully saturated rings. The Hall–Kier alpha value is -3.29. The van der Waals surface area contributed by atoms with Gasteiger partial charge in [0.2, 0.25) is 19.9 Å². The first-order valence-corrected chi connectivity index (χ1v) is 14.1. The molecule has 0 aliphatic carbocycles. The van der Waals surface area contributed by atoms with E-state index in [2.05, 4.69) is 9.71 Å². The molecule has 1 aliphatic heterocycles. The number of alkyl halides is 3. The predicted molar refractivity (Wildman–Crippen MR) is 127 cm³/mol. The van der Waals surface area contributed by atoms with E-state index in [0.717, 1.165) is 30.3 Å². The van der Waals surface area contributed by atoms with Crippen LogP contribution in [-0.4, -0.2) is 51.8 Å². The molecule has 8 nitrogen and oxygen atoms in total. The van der Waals surface area contributed by atoms with Gasteiger partial charge in [-0.05, 0) is 49.2 Å². The molecule has 3 aromatic rings. The summed E-state index contributed by atoms with van der Waals surface area (Å²) >= 11 is 0. The van der Waals surface area contributed by atoms with E-state index in [4.69, 9.17) is 0 Å². The Morgan fingerprint density at radius 3 is 2.08 bits per heavy atom. The van der Waals surface area contributed by atoms with Crippen molar-refractivity contribution in [3.05, 3.63) is 84.2 Å². The predicted octanol–water partition coefficient (Wildman–Crippen LogP) is 3.52. The van der Waals surface area contributed by atoms with Crippen LogP contribution in [0.5, 0.6) is 0 Å². The van der Waals surface area contributed by atoms with E-state index in [-0.39, 0.29) is 37.5 Å². The topological polar surface area (TPSA) is 114 Å². The van der Waals surface area contributed by atoms with Crippen molar-refractivity contribution >= 4 is 25.8 Å². The van der Waals surface area contributed by atoms with E-state index in [1.54, 1.807) is 18.2 Å². The summed E-state index contributed by atoms with van der Waals surface area (Å²) in [6.07, 6.45) is -3.50. The summed E-state index contributed by atoms with van der Waals surface area (Å²) in [5.41, 5.74) is -1.53. The summed E-state index contributed by atoms with van der Waals surface area (Å²) in [5, 5.41) is 0. The number of sulfonamides is 1. The zero-order chi connectivity index (χ0) is 26.8. The van der Waals surface area contributed by atoms with Gasteiger partial charge in [-0.2, -0.15) is 13.2 Å². The third-order valence-electron chi connectivity index (χ3n) is 5.89. The summed E-state index contributed by atoms with van der Waals surface area (Å²) in [5.74, 6) is -0.333. The van der Waals surface area contributed by atoms with E-state index in [9.17, 15) is 34.8 Å². The maximum absolute atomic E-state index is 14.2. The molecule has 0 unspecified atom stereocenters. The van der Waals surface area contributed by atoms with Gasteiger partial charge in [0.15, 0.2) is 0 Å². The van der Waals surface area contributed by atoms with Crippen LogP contribution in [0.25, 0.3) is 0 Å². The number of sulfone groups is 1. The molecule has 1 aromatic heterocycles. The molecule has 0 atom stereocenters. The lowest BCUT2D eigenvalue weighted by Crippen LogP contribution is -2.46. The van der Waals surface area contributed by atoms with Gasteiger partial charge in [-0.1, -0.05) is 30.3 Å². The van der Waals surface area contributed by atoms with Gasteiger partial charge in [-0.15, -0.1) is 0 Å². The number of pyridine rings is 1. The minimum Gasteiger partial charge on any atom is -0.337 e. The Morgan fingerprint density at radius 1 is 0.865 bits per heavy atom. The molecule has 0 spiro atoms. The molecule has 1 aliphatic rings. The molecule has 13 heteroatoms. The fourth-order valence-electron chi connectivity index (χ4n) is 4.10. The number of halogens is 3. The summed E-state index contributed by atoms with van der Waals surface area (Å²) in [4.78, 5) is 15.3. The molecule has 1 amide bonds. The lowest BCUT2D eigenvalue weighted by Gasteiger charge is -2.32. The summed E-state index contributed by atoms with van der Waals surface area (Å²) in [6.45, 7) is 0.328. The molecule has 196 valence electrons. The largest absolute Gasteiger partial charge is 0.419 e. The van der Waals surface area contributed by atoms with Gasteiger partial charge in [-0.25, -0.2) is 21.6 Å². The van der Waals surface area contributed by atoms with Gasteiger partial charge in [0.25, 0.3) is 5.91 Å². The number of benzene rings is 2. The van der Waals surface area contributed by atoms with Crippen LogP contribution < -0.4 is 4.72 Å². The SMILES string of the molecule is O=C(c1ccccn1)N1CCC(NS(=O)(=O)c2cccc(S(=O)(=O)c3ccccc3)c2C(F)(F)F)CC1. The van der Waals surface area contributed by atoms with Crippen LogP contribution in [0.4, 0.5) is 13.2 Å². The average molecular weight is 554 g/mol. The van der Waals surface area contributed by atoms with Gasteiger partial charge in [0.1, 0.15) is 5.69 Å². The Morgan fingerprint density at radius 2 is 1.49 bits per heavy atom. The van der Waals surface area contributed by atoms with Crippen molar-refractivity contribution in [2.45, 2.75) is 39.7 Å². The van der Waals surface area contributed by atoms with Gasteiger partial charge in [0, 0.05) is 25.3 Å². The van der Waals surface area contributed by atoms with Gasteiger partial charge in [0.05, 0.1) is 20.2 Å². The van der Waals surface area contributed by atoms with Crippen LogP contribution in [0.1, 0.15) is 28.9 Å². The van der Waals surface area contributed by atoms with Gasteiger partial charge in [-0.3, -0.25) is 9.78 Å². The highest BCUT2D eigenvalue weighted by Crippen LogP contribution is 2.40. The second-order valence-corrected chi connectivity index (χ2v) is 11.9. The van der Waals surface area contributed by atoms with Crippen molar-refractivity contribution in [2.75, 3.05) is 13.1 Å². The van der Waals surface area contributed by atoms with Gasteiger partial charge >= 0.3 is 6.18 Å². The van der Waals surface area contributed by atoms with Crippen LogP contribution in [0.3, 0.4) is 0 Å². The highest BCUT2D eigenvalue weighted by atomic mass is 32.2. The number of nitrogens with zero attached hydrogens (tertiary/aromatic N) is 2.